The van der Waals surface area contributed by atoms with Gasteiger partial charge in [-0.3, -0.25) is 4.79 Å². The maximum absolute atomic E-state index is 12.2. The van der Waals surface area contributed by atoms with Crippen molar-refractivity contribution in [1.82, 2.24) is 0 Å². The largest absolute Gasteiger partial charge is 0.299 e. The molecule has 27 heavy (non-hydrogen) atoms. The molecule has 0 aliphatic heterocycles. The van der Waals surface area contributed by atoms with Crippen LogP contribution in [0.5, 0.6) is 0 Å². The van der Waals surface area contributed by atoms with E-state index in [-0.39, 0.29) is 5.92 Å². The minimum Gasteiger partial charge on any atom is -0.299 e. The highest BCUT2D eigenvalue weighted by atomic mass is 16.1. The van der Waals surface area contributed by atoms with Crippen molar-refractivity contribution in [2.24, 2.45) is 11.3 Å². The van der Waals surface area contributed by atoms with E-state index >= 15 is 0 Å². The predicted molar refractivity (Wildman–Crippen MR) is 122 cm³/mol. The zero-order valence-corrected chi connectivity index (χ0v) is 19.5. The van der Waals surface area contributed by atoms with Crippen molar-refractivity contribution >= 4 is 5.78 Å². The third kappa shape index (κ3) is 20.0. The van der Waals surface area contributed by atoms with Crippen molar-refractivity contribution in [2.45, 2.75) is 137 Å². The molecule has 160 valence electrons. The van der Waals surface area contributed by atoms with Crippen molar-refractivity contribution in [3.05, 3.63) is 12.2 Å². The monoisotopic (exact) mass is 378 g/mol. The Labute approximate surface area is 171 Å². The Hall–Kier alpha value is -0.590. The van der Waals surface area contributed by atoms with E-state index in [0.717, 1.165) is 19.3 Å². The van der Waals surface area contributed by atoms with Crippen LogP contribution >= 0.6 is 0 Å². The second-order valence-electron chi connectivity index (χ2n) is 9.78. The van der Waals surface area contributed by atoms with Gasteiger partial charge in [-0.25, -0.2) is 0 Å². The molecule has 1 atom stereocenters. The van der Waals surface area contributed by atoms with Gasteiger partial charge in [0.25, 0.3) is 0 Å². The molecule has 0 aromatic heterocycles. The first-order valence-corrected chi connectivity index (χ1v) is 12.1. The second-order valence-corrected chi connectivity index (χ2v) is 9.78. The first kappa shape index (κ1) is 26.4. The summed E-state index contributed by atoms with van der Waals surface area (Å²) in [5.74, 6) is 0.544. The van der Waals surface area contributed by atoms with Crippen molar-refractivity contribution < 1.29 is 4.79 Å². The number of rotatable bonds is 18. The number of Topliss-reactive ketones (excluding diaryl/α,β-unsaturated/α-hetero) is 1. The zero-order valence-electron chi connectivity index (χ0n) is 19.5. The van der Waals surface area contributed by atoms with Crippen molar-refractivity contribution in [2.75, 3.05) is 0 Å². The average Bonchev–Trinajstić information content (AvgIpc) is 2.61. The Bertz CT molecular complexity index is 361. The Morgan fingerprint density at radius 2 is 1.30 bits per heavy atom. The highest BCUT2D eigenvalue weighted by Crippen LogP contribution is 2.22. The molecule has 0 heterocycles. The predicted octanol–water partition coefficient (Wildman–Crippen LogP) is 9.06. The highest BCUT2D eigenvalue weighted by molar-refractivity contribution is 5.82. The van der Waals surface area contributed by atoms with Gasteiger partial charge in [-0.2, -0.15) is 0 Å². The lowest BCUT2D eigenvalue weighted by molar-refractivity contribution is -0.121. The van der Waals surface area contributed by atoms with Gasteiger partial charge in [-0.05, 0) is 31.1 Å². The van der Waals surface area contributed by atoms with Gasteiger partial charge in [0.05, 0.1) is 0 Å². The number of allylic oxidation sites excluding steroid dienone is 2. The van der Waals surface area contributed by atoms with Crippen molar-refractivity contribution in [3.63, 3.8) is 0 Å². The van der Waals surface area contributed by atoms with E-state index in [2.05, 4.69) is 46.8 Å². The van der Waals surface area contributed by atoms with E-state index < -0.39 is 0 Å². The molecule has 0 rings (SSSR count). The Morgan fingerprint density at radius 3 is 1.85 bits per heavy atom. The maximum atomic E-state index is 12.2. The third-order valence-electron chi connectivity index (χ3n) is 5.51. The topological polar surface area (TPSA) is 17.1 Å². The molecule has 0 aromatic carbocycles. The molecular formula is C26H50O. The molecule has 0 radical (unpaired) electrons. The van der Waals surface area contributed by atoms with Gasteiger partial charge < -0.3 is 0 Å². The summed E-state index contributed by atoms with van der Waals surface area (Å²) < 4.78 is 0. The van der Waals surface area contributed by atoms with Gasteiger partial charge in [-0.15, -0.1) is 0 Å². The molecule has 0 bridgehead atoms. The standard InChI is InChI=1S/C26H50O/c1-6-7-8-9-15-18-21-24(2)25(27)22-19-16-13-11-10-12-14-17-20-23-26(3,4)5/h18,21,24H,6-17,19-20,22-23H2,1-5H3/b21-18+. The lowest BCUT2D eigenvalue weighted by atomic mass is 9.89. The number of hydrogen-bond acceptors (Lipinski definition) is 1. The Morgan fingerprint density at radius 1 is 0.778 bits per heavy atom. The molecule has 1 nitrogen and oxygen atoms in total. The molecule has 0 saturated carbocycles. The fourth-order valence-corrected chi connectivity index (χ4v) is 3.52. The lowest BCUT2D eigenvalue weighted by Gasteiger charge is -2.17. The fraction of sp³-hybridized carbons (Fsp3) is 0.885. The van der Waals surface area contributed by atoms with Crippen LogP contribution in [-0.4, -0.2) is 5.78 Å². The van der Waals surface area contributed by atoms with Crippen LogP contribution in [0, 0.1) is 11.3 Å². The molecule has 0 saturated heterocycles. The summed E-state index contributed by atoms with van der Waals surface area (Å²) in [5, 5.41) is 0. The third-order valence-corrected chi connectivity index (χ3v) is 5.51. The number of ketones is 1. The summed E-state index contributed by atoms with van der Waals surface area (Å²) in [6.07, 6.45) is 24.7. The summed E-state index contributed by atoms with van der Waals surface area (Å²) in [6.45, 7) is 11.3. The highest BCUT2D eigenvalue weighted by Gasteiger charge is 2.09. The Kier molecular flexibility index (Phi) is 17.1. The lowest BCUT2D eigenvalue weighted by Crippen LogP contribution is -2.07. The van der Waals surface area contributed by atoms with Crippen LogP contribution in [0.1, 0.15) is 137 Å². The van der Waals surface area contributed by atoms with Gasteiger partial charge >= 0.3 is 0 Å². The van der Waals surface area contributed by atoms with Crippen LogP contribution in [0.25, 0.3) is 0 Å². The van der Waals surface area contributed by atoms with E-state index in [1.54, 1.807) is 0 Å². The second kappa shape index (κ2) is 17.5. The van der Waals surface area contributed by atoms with Crippen LogP contribution in [0.3, 0.4) is 0 Å². The summed E-state index contributed by atoms with van der Waals surface area (Å²) >= 11 is 0. The molecule has 0 aromatic rings. The number of hydrogen-bond donors (Lipinski definition) is 0. The van der Waals surface area contributed by atoms with E-state index in [0.29, 0.717) is 11.2 Å². The molecule has 0 fully saturated rings. The summed E-state index contributed by atoms with van der Waals surface area (Å²) in [5.41, 5.74) is 0.499. The van der Waals surface area contributed by atoms with E-state index in [1.807, 2.05) is 0 Å². The van der Waals surface area contributed by atoms with Gasteiger partial charge in [0.15, 0.2) is 0 Å². The van der Waals surface area contributed by atoms with Gasteiger partial charge in [0.2, 0.25) is 0 Å². The van der Waals surface area contributed by atoms with Crippen LogP contribution in [0.4, 0.5) is 0 Å². The van der Waals surface area contributed by atoms with Crippen LogP contribution < -0.4 is 0 Å². The van der Waals surface area contributed by atoms with Crippen LogP contribution in [0.2, 0.25) is 0 Å². The minimum atomic E-state index is 0.115. The first-order valence-electron chi connectivity index (χ1n) is 12.1. The van der Waals surface area contributed by atoms with Gasteiger partial charge in [0, 0.05) is 12.3 Å². The average molecular weight is 379 g/mol. The van der Waals surface area contributed by atoms with E-state index in [9.17, 15) is 4.79 Å². The molecule has 0 aliphatic rings. The zero-order chi connectivity index (χ0) is 20.4. The SMILES string of the molecule is CCCCCC/C=C/C(C)C(=O)CCCCCCCCCCCC(C)(C)C. The van der Waals surface area contributed by atoms with Gasteiger partial charge in [0.1, 0.15) is 5.78 Å². The van der Waals surface area contributed by atoms with Crippen molar-refractivity contribution in [3.8, 4) is 0 Å². The Balaban J connectivity index is 3.43. The normalized spacial score (nSPS) is 13.4. The molecule has 0 aliphatic carbocycles. The fourth-order valence-electron chi connectivity index (χ4n) is 3.52. The maximum Gasteiger partial charge on any atom is 0.139 e. The molecule has 1 unspecified atom stereocenters. The van der Waals surface area contributed by atoms with Gasteiger partial charge in [-0.1, -0.05) is 117 Å². The van der Waals surface area contributed by atoms with Crippen LogP contribution in [0.15, 0.2) is 12.2 Å². The minimum absolute atomic E-state index is 0.115. The first-order chi connectivity index (χ1) is 12.9. The van der Waals surface area contributed by atoms with E-state index in [1.165, 1.54) is 83.5 Å². The van der Waals surface area contributed by atoms with Crippen LogP contribution in [-0.2, 0) is 4.79 Å². The molecule has 0 spiro atoms. The molecule has 0 amide bonds. The molecular weight excluding hydrogens is 328 g/mol. The van der Waals surface area contributed by atoms with E-state index in [4.69, 9.17) is 0 Å². The number of unbranched alkanes of at least 4 members (excludes halogenated alkanes) is 12. The summed E-state index contributed by atoms with van der Waals surface area (Å²) in [7, 11) is 0. The van der Waals surface area contributed by atoms with Crippen molar-refractivity contribution in [1.29, 1.82) is 0 Å². The molecule has 1 heteroatoms. The summed E-state index contributed by atoms with van der Waals surface area (Å²) in [4.78, 5) is 12.2. The number of carbonyl (C=O) groups excluding carboxylic acids is 1. The summed E-state index contributed by atoms with van der Waals surface area (Å²) in [6, 6.07) is 0. The molecule has 0 N–H and O–H groups in total. The quantitative estimate of drug-likeness (QED) is 0.172. The smallest absolute Gasteiger partial charge is 0.139 e. The number of carbonyl (C=O) groups is 1.